The Morgan fingerprint density at radius 2 is 1.89 bits per heavy atom. The third kappa shape index (κ3) is 8.32. The van der Waals surface area contributed by atoms with Crippen molar-refractivity contribution in [1.29, 1.82) is 0 Å². The second-order valence-electron chi connectivity index (χ2n) is 2.56. The van der Waals surface area contributed by atoms with Gasteiger partial charge in [0.05, 0.1) is 0 Å². The first-order valence-electron chi connectivity index (χ1n) is 2.93. The predicted octanol–water partition coefficient (Wildman–Crippen LogP) is 3.54. The van der Waals surface area contributed by atoms with Gasteiger partial charge in [-0.05, 0) is 27.2 Å². The van der Waals surface area contributed by atoms with E-state index in [2.05, 4.69) is 0 Å². The lowest BCUT2D eigenvalue weighted by Crippen LogP contribution is -2.02. The third-order valence-corrected chi connectivity index (χ3v) is 1.18. The molecule has 0 aromatic heterocycles. The van der Waals surface area contributed by atoms with Crippen molar-refractivity contribution in [2.24, 2.45) is 0 Å². The minimum atomic E-state index is -0.600. The van der Waals surface area contributed by atoms with E-state index >= 15 is 0 Å². The summed E-state index contributed by atoms with van der Waals surface area (Å²) in [6.07, 6.45) is 2.75. The summed E-state index contributed by atoms with van der Waals surface area (Å²) in [5.41, 5.74) is 1.25. The van der Waals surface area contributed by atoms with Crippen molar-refractivity contribution in [3.05, 3.63) is 11.6 Å². The first kappa shape index (κ1) is 9.32. The van der Waals surface area contributed by atoms with E-state index in [9.17, 15) is 0 Å². The Labute approximate surface area is 66.8 Å². The Balaban J connectivity index is 3.64. The molecule has 0 atom stereocenters. The second-order valence-corrected chi connectivity index (χ2v) is 4.42. The highest BCUT2D eigenvalue weighted by molar-refractivity contribution is 6.48. The van der Waals surface area contributed by atoms with Crippen molar-refractivity contribution in [2.75, 3.05) is 0 Å². The molecule has 0 spiro atoms. The molecule has 9 heavy (non-hydrogen) atoms. The van der Waals surface area contributed by atoms with Crippen LogP contribution in [0.2, 0.25) is 0 Å². The van der Waals surface area contributed by atoms with Crippen LogP contribution >= 0.6 is 23.2 Å². The minimum Gasteiger partial charge on any atom is -0.102 e. The van der Waals surface area contributed by atoms with Crippen molar-refractivity contribution in [3.8, 4) is 0 Å². The summed E-state index contributed by atoms with van der Waals surface area (Å²) < 4.78 is -0.600. The van der Waals surface area contributed by atoms with Gasteiger partial charge >= 0.3 is 0 Å². The van der Waals surface area contributed by atoms with Gasteiger partial charge in [-0.15, -0.1) is 23.2 Å². The largest absolute Gasteiger partial charge is 0.119 e. The molecule has 54 valence electrons. The predicted molar refractivity (Wildman–Crippen MR) is 44.2 cm³/mol. The average molecular weight is 167 g/mol. The van der Waals surface area contributed by atoms with E-state index in [1.165, 1.54) is 5.57 Å². The molecule has 0 aromatic rings. The van der Waals surface area contributed by atoms with Crippen LogP contribution in [0.3, 0.4) is 0 Å². The standard InChI is InChI=1S/C7H12Cl2/c1-6(2)4-5-7(3,8)9/h4H,5H2,1-3H3. The van der Waals surface area contributed by atoms with Crippen LogP contribution in [0.5, 0.6) is 0 Å². The molecular formula is C7H12Cl2. The SMILES string of the molecule is CC(C)=CCC(C)(Cl)Cl. The molecule has 0 aromatic carbocycles. The van der Waals surface area contributed by atoms with Gasteiger partial charge in [-0.3, -0.25) is 0 Å². The van der Waals surface area contributed by atoms with E-state index in [1.54, 1.807) is 6.92 Å². The highest BCUT2D eigenvalue weighted by Gasteiger charge is 2.12. The monoisotopic (exact) mass is 166 g/mol. The summed E-state index contributed by atoms with van der Waals surface area (Å²) >= 11 is 11.4. The van der Waals surface area contributed by atoms with Gasteiger partial charge in [0.25, 0.3) is 0 Å². The molecule has 0 saturated heterocycles. The average Bonchev–Trinajstić information content (AvgIpc) is 1.59. The quantitative estimate of drug-likeness (QED) is 0.435. The lowest BCUT2D eigenvalue weighted by Gasteiger charge is -2.08. The van der Waals surface area contributed by atoms with Gasteiger partial charge in [0.15, 0.2) is 0 Å². The Hall–Kier alpha value is 0.320. The normalized spacial score (nSPS) is 11.2. The Kier molecular flexibility index (Phi) is 3.60. The molecule has 0 aliphatic carbocycles. The molecule has 0 N–H and O–H groups in total. The van der Waals surface area contributed by atoms with Crippen LogP contribution in [0.1, 0.15) is 27.2 Å². The van der Waals surface area contributed by atoms with Crippen LogP contribution in [0, 0.1) is 0 Å². The molecule has 0 nitrogen and oxygen atoms in total. The summed E-state index contributed by atoms with van der Waals surface area (Å²) in [7, 11) is 0. The van der Waals surface area contributed by atoms with Gasteiger partial charge in [0.2, 0.25) is 0 Å². The zero-order valence-corrected chi connectivity index (χ0v) is 7.55. The van der Waals surface area contributed by atoms with E-state index in [4.69, 9.17) is 23.2 Å². The summed E-state index contributed by atoms with van der Waals surface area (Å²) in [6.45, 7) is 5.84. The van der Waals surface area contributed by atoms with Crippen molar-refractivity contribution in [1.82, 2.24) is 0 Å². The number of halogens is 2. The zero-order chi connectivity index (χ0) is 7.49. The first-order valence-corrected chi connectivity index (χ1v) is 3.68. The van der Waals surface area contributed by atoms with Crippen LogP contribution < -0.4 is 0 Å². The number of allylic oxidation sites excluding steroid dienone is 2. The maximum Gasteiger partial charge on any atom is 0.119 e. The smallest absolute Gasteiger partial charge is 0.102 e. The van der Waals surface area contributed by atoms with Crippen LogP contribution in [0.25, 0.3) is 0 Å². The van der Waals surface area contributed by atoms with Crippen LogP contribution in [0.4, 0.5) is 0 Å². The van der Waals surface area contributed by atoms with Crippen molar-refractivity contribution < 1.29 is 0 Å². The fourth-order valence-electron chi connectivity index (χ4n) is 0.383. The summed E-state index contributed by atoms with van der Waals surface area (Å²) in [4.78, 5) is 0. The van der Waals surface area contributed by atoms with Crippen LogP contribution in [-0.4, -0.2) is 4.33 Å². The van der Waals surface area contributed by atoms with Gasteiger partial charge in [-0.25, -0.2) is 0 Å². The molecule has 2 heteroatoms. The van der Waals surface area contributed by atoms with E-state index in [-0.39, 0.29) is 0 Å². The molecule has 0 aliphatic heterocycles. The highest BCUT2D eigenvalue weighted by Crippen LogP contribution is 2.24. The topological polar surface area (TPSA) is 0 Å². The van der Waals surface area contributed by atoms with E-state index in [0.717, 1.165) is 6.42 Å². The minimum absolute atomic E-state index is 0.600. The zero-order valence-electron chi connectivity index (χ0n) is 6.04. The number of alkyl halides is 2. The molecule has 0 rings (SSSR count). The van der Waals surface area contributed by atoms with Crippen molar-refractivity contribution in [2.45, 2.75) is 31.5 Å². The fraction of sp³-hybridized carbons (Fsp3) is 0.714. The molecule has 0 saturated carbocycles. The van der Waals surface area contributed by atoms with Gasteiger partial charge in [-0.2, -0.15) is 0 Å². The number of hydrogen-bond donors (Lipinski definition) is 0. The number of rotatable bonds is 2. The summed E-state index contributed by atoms with van der Waals surface area (Å²) in [6, 6.07) is 0. The lowest BCUT2D eigenvalue weighted by molar-refractivity contribution is 0.876. The number of hydrogen-bond acceptors (Lipinski definition) is 0. The molecular weight excluding hydrogens is 155 g/mol. The first-order chi connectivity index (χ1) is 3.92. The molecule has 0 unspecified atom stereocenters. The Bertz CT molecular complexity index is 105. The van der Waals surface area contributed by atoms with Gasteiger partial charge < -0.3 is 0 Å². The fourth-order valence-corrected chi connectivity index (χ4v) is 0.538. The van der Waals surface area contributed by atoms with E-state index in [1.807, 2.05) is 19.9 Å². The third-order valence-electron chi connectivity index (χ3n) is 0.869. The van der Waals surface area contributed by atoms with Crippen LogP contribution in [0.15, 0.2) is 11.6 Å². The summed E-state index contributed by atoms with van der Waals surface area (Å²) in [5, 5.41) is 0. The lowest BCUT2D eigenvalue weighted by atomic mass is 10.2. The Morgan fingerprint density at radius 1 is 1.44 bits per heavy atom. The molecule has 0 amide bonds. The second kappa shape index (κ2) is 3.48. The molecule has 0 heterocycles. The van der Waals surface area contributed by atoms with Gasteiger partial charge in [-0.1, -0.05) is 11.6 Å². The van der Waals surface area contributed by atoms with Gasteiger partial charge in [0, 0.05) is 0 Å². The Morgan fingerprint density at radius 3 is 2.00 bits per heavy atom. The van der Waals surface area contributed by atoms with E-state index < -0.39 is 4.33 Å². The van der Waals surface area contributed by atoms with Crippen molar-refractivity contribution in [3.63, 3.8) is 0 Å². The van der Waals surface area contributed by atoms with E-state index in [0.29, 0.717) is 0 Å². The highest BCUT2D eigenvalue weighted by atomic mass is 35.5. The maximum atomic E-state index is 5.70. The van der Waals surface area contributed by atoms with Crippen molar-refractivity contribution >= 4 is 23.2 Å². The van der Waals surface area contributed by atoms with Crippen LogP contribution in [-0.2, 0) is 0 Å². The molecule has 0 radical (unpaired) electrons. The molecule has 0 fully saturated rings. The molecule has 0 bridgehead atoms. The summed E-state index contributed by atoms with van der Waals surface area (Å²) in [5.74, 6) is 0. The maximum absolute atomic E-state index is 5.70. The molecule has 0 aliphatic rings. The van der Waals surface area contributed by atoms with Gasteiger partial charge in [0.1, 0.15) is 4.33 Å².